The highest BCUT2D eigenvalue weighted by atomic mass is 79.9. The fourth-order valence-corrected chi connectivity index (χ4v) is 1.16. The van der Waals surface area contributed by atoms with E-state index in [4.69, 9.17) is 6.57 Å². The van der Waals surface area contributed by atoms with Crippen molar-refractivity contribution in [1.82, 2.24) is 4.98 Å². The predicted octanol–water partition coefficient (Wildman–Crippen LogP) is 2.70. The highest BCUT2D eigenvalue weighted by molar-refractivity contribution is 9.10. The van der Waals surface area contributed by atoms with Gasteiger partial charge >= 0.3 is 0 Å². The summed E-state index contributed by atoms with van der Waals surface area (Å²) >= 11 is 3.23. The Morgan fingerprint density at radius 3 is 2.90 bits per heavy atom. The summed E-state index contributed by atoms with van der Waals surface area (Å²) in [5.41, 5.74) is 1.05. The average molecular weight is 197 g/mol. The molecule has 0 bridgehead atoms. The molecule has 0 aliphatic heterocycles. The number of pyridine rings is 1. The second-order valence-electron chi connectivity index (χ2n) is 1.93. The van der Waals surface area contributed by atoms with E-state index in [1.165, 1.54) is 0 Å². The highest BCUT2D eigenvalue weighted by Crippen LogP contribution is 2.22. The molecule has 0 saturated carbocycles. The van der Waals surface area contributed by atoms with E-state index < -0.39 is 0 Å². The van der Waals surface area contributed by atoms with E-state index >= 15 is 0 Å². The van der Waals surface area contributed by atoms with E-state index in [-0.39, 0.29) is 0 Å². The van der Waals surface area contributed by atoms with Gasteiger partial charge in [0.05, 0.1) is 0 Å². The molecule has 0 fully saturated rings. The molecule has 10 heavy (non-hydrogen) atoms. The molecule has 0 spiro atoms. The van der Waals surface area contributed by atoms with Gasteiger partial charge in [-0.15, -0.1) is 4.98 Å². The smallest absolute Gasteiger partial charge is 0.283 e. The molecule has 1 rings (SSSR count). The fraction of sp³-hybridized carbons (Fsp3) is 0.143. The molecule has 0 unspecified atom stereocenters. The molecule has 0 N–H and O–H groups in total. The lowest BCUT2D eigenvalue weighted by Crippen LogP contribution is -1.76. The van der Waals surface area contributed by atoms with Crippen LogP contribution in [0.15, 0.2) is 16.7 Å². The van der Waals surface area contributed by atoms with Crippen molar-refractivity contribution >= 4 is 21.7 Å². The Morgan fingerprint density at radius 2 is 2.40 bits per heavy atom. The van der Waals surface area contributed by atoms with Gasteiger partial charge in [0.1, 0.15) is 6.20 Å². The standard InChI is InChI=1S/C7H5BrN2/c1-5-3-6(8)7(9-2)10-4-5/h3-4H,1H3. The molecule has 1 heterocycles. The van der Waals surface area contributed by atoms with Crippen molar-refractivity contribution in [3.05, 3.63) is 33.7 Å². The number of hydrogen-bond acceptors (Lipinski definition) is 1. The van der Waals surface area contributed by atoms with Crippen LogP contribution in [0.5, 0.6) is 0 Å². The lowest BCUT2D eigenvalue weighted by atomic mass is 10.3. The quantitative estimate of drug-likeness (QED) is 0.584. The molecule has 0 atom stereocenters. The van der Waals surface area contributed by atoms with E-state index in [2.05, 4.69) is 25.8 Å². The van der Waals surface area contributed by atoms with Crippen LogP contribution in [0.3, 0.4) is 0 Å². The third-order valence-corrected chi connectivity index (χ3v) is 1.65. The van der Waals surface area contributed by atoms with E-state index in [1.807, 2.05) is 13.0 Å². The van der Waals surface area contributed by atoms with Crippen LogP contribution in [-0.2, 0) is 0 Å². The maximum atomic E-state index is 6.69. The van der Waals surface area contributed by atoms with Gasteiger partial charge in [-0.3, -0.25) is 0 Å². The summed E-state index contributed by atoms with van der Waals surface area (Å²) in [7, 11) is 0. The van der Waals surface area contributed by atoms with Gasteiger partial charge in [0, 0.05) is 4.47 Å². The molecule has 0 aliphatic rings. The minimum Gasteiger partial charge on any atom is -0.360 e. The predicted molar refractivity (Wildman–Crippen MR) is 42.9 cm³/mol. The minimum atomic E-state index is 0.422. The Balaban J connectivity index is 3.23. The van der Waals surface area contributed by atoms with E-state index in [0.29, 0.717) is 5.82 Å². The van der Waals surface area contributed by atoms with Crippen LogP contribution in [0.4, 0.5) is 5.82 Å². The van der Waals surface area contributed by atoms with Crippen LogP contribution in [0.25, 0.3) is 4.85 Å². The molecule has 0 aliphatic carbocycles. The Labute approximate surface area is 67.9 Å². The normalized spacial score (nSPS) is 8.90. The number of aryl methyl sites for hydroxylation is 1. The third-order valence-electron chi connectivity index (χ3n) is 1.06. The first-order chi connectivity index (χ1) is 4.74. The molecular weight excluding hydrogens is 192 g/mol. The summed E-state index contributed by atoms with van der Waals surface area (Å²) < 4.78 is 0.766. The molecule has 50 valence electrons. The van der Waals surface area contributed by atoms with Crippen LogP contribution in [0.1, 0.15) is 5.56 Å². The number of nitrogens with zero attached hydrogens (tertiary/aromatic N) is 2. The maximum absolute atomic E-state index is 6.69. The largest absolute Gasteiger partial charge is 0.360 e. The van der Waals surface area contributed by atoms with Crippen LogP contribution < -0.4 is 0 Å². The molecule has 0 aromatic carbocycles. The van der Waals surface area contributed by atoms with Gasteiger partial charge in [0.15, 0.2) is 0 Å². The zero-order chi connectivity index (χ0) is 7.56. The SMILES string of the molecule is [C-]#[N+]c1ncc(C)cc1Br. The van der Waals surface area contributed by atoms with E-state index in [1.54, 1.807) is 6.20 Å². The van der Waals surface area contributed by atoms with Crippen molar-refractivity contribution < 1.29 is 0 Å². The van der Waals surface area contributed by atoms with Crippen molar-refractivity contribution in [2.75, 3.05) is 0 Å². The molecule has 3 heteroatoms. The summed E-state index contributed by atoms with van der Waals surface area (Å²) in [4.78, 5) is 7.10. The summed E-state index contributed by atoms with van der Waals surface area (Å²) in [5.74, 6) is 0.422. The number of halogens is 1. The van der Waals surface area contributed by atoms with Crippen molar-refractivity contribution in [2.24, 2.45) is 0 Å². The van der Waals surface area contributed by atoms with Gasteiger partial charge in [-0.1, -0.05) is 28.6 Å². The minimum absolute atomic E-state index is 0.422. The van der Waals surface area contributed by atoms with Gasteiger partial charge in [-0.05, 0) is 12.5 Å². The number of hydrogen-bond donors (Lipinski definition) is 0. The highest BCUT2D eigenvalue weighted by Gasteiger charge is 1.99. The third kappa shape index (κ3) is 1.34. The second kappa shape index (κ2) is 2.80. The van der Waals surface area contributed by atoms with Gasteiger partial charge in [-0.2, -0.15) is 0 Å². The summed E-state index contributed by atoms with van der Waals surface area (Å²) in [6.07, 6.45) is 1.68. The van der Waals surface area contributed by atoms with Crippen molar-refractivity contribution in [3.63, 3.8) is 0 Å². The van der Waals surface area contributed by atoms with Gasteiger partial charge in [0.25, 0.3) is 5.82 Å². The number of rotatable bonds is 0. The van der Waals surface area contributed by atoms with Crippen LogP contribution >= 0.6 is 15.9 Å². The zero-order valence-electron chi connectivity index (χ0n) is 5.43. The lowest BCUT2D eigenvalue weighted by molar-refractivity contribution is 1.27. The van der Waals surface area contributed by atoms with Gasteiger partial charge < -0.3 is 4.85 Å². The van der Waals surface area contributed by atoms with Crippen molar-refractivity contribution in [3.8, 4) is 0 Å². The molecule has 2 nitrogen and oxygen atoms in total. The first-order valence-corrected chi connectivity index (χ1v) is 3.53. The lowest BCUT2D eigenvalue weighted by Gasteiger charge is -1.92. The summed E-state index contributed by atoms with van der Waals surface area (Å²) in [5, 5.41) is 0. The Kier molecular flexibility index (Phi) is 2.03. The van der Waals surface area contributed by atoms with Crippen LogP contribution in [-0.4, -0.2) is 4.98 Å². The summed E-state index contributed by atoms with van der Waals surface area (Å²) in [6, 6.07) is 1.88. The Hall–Kier alpha value is -0.880. The molecular formula is C7H5BrN2. The molecule has 0 amide bonds. The first-order valence-electron chi connectivity index (χ1n) is 2.73. The molecule has 0 saturated heterocycles. The Bertz CT molecular complexity index is 288. The average Bonchev–Trinajstić information content (AvgIpc) is 1.88. The van der Waals surface area contributed by atoms with E-state index in [0.717, 1.165) is 10.0 Å². The molecule has 1 aromatic rings. The fourth-order valence-electron chi connectivity index (χ4n) is 0.609. The van der Waals surface area contributed by atoms with E-state index in [9.17, 15) is 0 Å². The number of aromatic nitrogens is 1. The second-order valence-corrected chi connectivity index (χ2v) is 2.78. The Morgan fingerprint density at radius 1 is 1.70 bits per heavy atom. The first kappa shape index (κ1) is 7.23. The van der Waals surface area contributed by atoms with Crippen molar-refractivity contribution in [1.29, 1.82) is 0 Å². The van der Waals surface area contributed by atoms with Crippen LogP contribution in [0.2, 0.25) is 0 Å². The van der Waals surface area contributed by atoms with Crippen molar-refractivity contribution in [2.45, 2.75) is 6.92 Å². The zero-order valence-corrected chi connectivity index (χ0v) is 7.01. The topological polar surface area (TPSA) is 17.2 Å². The summed E-state index contributed by atoms with van der Waals surface area (Å²) in [6.45, 7) is 8.62. The monoisotopic (exact) mass is 196 g/mol. The molecule has 0 radical (unpaired) electrons. The maximum Gasteiger partial charge on any atom is 0.283 e. The van der Waals surface area contributed by atoms with Gasteiger partial charge in [-0.25, -0.2) is 0 Å². The molecule has 1 aromatic heterocycles. The van der Waals surface area contributed by atoms with Gasteiger partial charge in [0.2, 0.25) is 0 Å². The van der Waals surface area contributed by atoms with Crippen LogP contribution in [0, 0.1) is 13.5 Å².